The summed E-state index contributed by atoms with van der Waals surface area (Å²) in [5.41, 5.74) is 1.03. The van der Waals surface area contributed by atoms with Crippen molar-refractivity contribution >= 4 is 10.0 Å². The summed E-state index contributed by atoms with van der Waals surface area (Å²) in [6.45, 7) is 4.11. The summed E-state index contributed by atoms with van der Waals surface area (Å²) in [7, 11) is -3.58. The average Bonchev–Trinajstić information content (AvgIpc) is 2.63. The monoisotopic (exact) mass is 377 g/mol. The van der Waals surface area contributed by atoms with Gasteiger partial charge in [0.1, 0.15) is 17.2 Å². The Morgan fingerprint density at radius 1 is 1.12 bits per heavy atom. The van der Waals surface area contributed by atoms with E-state index in [0.717, 1.165) is 24.2 Å². The third kappa shape index (κ3) is 4.07. The SMILES string of the molecule is CCC1(CC)C[C@H](NS(=O)(=O)Cc2ccc(F)cc2)c2ccccc2O1. The molecule has 0 saturated carbocycles. The van der Waals surface area contributed by atoms with Gasteiger partial charge >= 0.3 is 0 Å². The summed E-state index contributed by atoms with van der Waals surface area (Å²) < 4.78 is 47.5. The van der Waals surface area contributed by atoms with Crippen molar-refractivity contribution in [2.75, 3.05) is 0 Å². The van der Waals surface area contributed by atoms with Crippen molar-refractivity contribution in [3.63, 3.8) is 0 Å². The van der Waals surface area contributed by atoms with Gasteiger partial charge in [-0.25, -0.2) is 17.5 Å². The van der Waals surface area contributed by atoms with Crippen LogP contribution in [0.5, 0.6) is 5.75 Å². The lowest BCUT2D eigenvalue weighted by molar-refractivity contribution is 0.0260. The first-order chi connectivity index (χ1) is 12.4. The fourth-order valence-corrected chi connectivity index (χ4v) is 4.82. The quantitative estimate of drug-likeness (QED) is 0.815. The molecule has 3 rings (SSSR count). The number of hydrogen-bond acceptors (Lipinski definition) is 3. The Morgan fingerprint density at radius 3 is 2.42 bits per heavy atom. The predicted octanol–water partition coefficient (Wildman–Crippen LogP) is 4.33. The molecule has 1 N–H and O–H groups in total. The third-order valence-corrected chi connectivity index (χ3v) is 6.43. The highest BCUT2D eigenvalue weighted by atomic mass is 32.2. The Balaban J connectivity index is 1.86. The minimum absolute atomic E-state index is 0.182. The van der Waals surface area contributed by atoms with Gasteiger partial charge in [0.2, 0.25) is 10.0 Å². The van der Waals surface area contributed by atoms with E-state index >= 15 is 0 Å². The minimum Gasteiger partial charge on any atom is -0.487 e. The molecule has 4 nitrogen and oxygen atoms in total. The van der Waals surface area contributed by atoms with Crippen LogP contribution >= 0.6 is 0 Å². The molecule has 0 bridgehead atoms. The van der Waals surface area contributed by atoms with E-state index in [1.54, 1.807) is 0 Å². The van der Waals surface area contributed by atoms with Gasteiger partial charge in [-0.15, -0.1) is 0 Å². The molecule has 1 heterocycles. The lowest BCUT2D eigenvalue weighted by Crippen LogP contribution is -2.44. The van der Waals surface area contributed by atoms with Gasteiger partial charge in [0, 0.05) is 12.0 Å². The average molecular weight is 377 g/mol. The Labute approximate surface area is 154 Å². The van der Waals surface area contributed by atoms with E-state index in [4.69, 9.17) is 4.74 Å². The molecule has 0 radical (unpaired) electrons. The topological polar surface area (TPSA) is 55.4 Å². The maximum Gasteiger partial charge on any atom is 0.216 e. The van der Waals surface area contributed by atoms with E-state index in [9.17, 15) is 12.8 Å². The van der Waals surface area contributed by atoms with Gasteiger partial charge in [-0.05, 0) is 36.6 Å². The number of para-hydroxylation sites is 1. The maximum atomic E-state index is 13.0. The van der Waals surface area contributed by atoms with Gasteiger partial charge in [-0.3, -0.25) is 0 Å². The van der Waals surface area contributed by atoms with E-state index < -0.39 is 10.0 Å². The highest BCUT2D eigenvalue weighted by Gasteiger charge is 2.39. The molecule has 2 aromatic carbocycles. The number of benzene rings is 2. The van der Waals surface area contributed by atoms with Crippen molar-refractivity contribution in [1.29, 1.82) is 0 Å². The van der Waals surface area contributed by atoms with Crippen LogP contribution in [0.4, 0.5) is 4.39 Å². The normalized spacial score (nSPS) is 18.8. The van der Waals surface area contributed by atoms with Gasteiger partial charge in [0.15, 0.2) is 0 Å². The molecule has 2 aromatic rings. The van der Waals surface area contributed by atoms with Crippen LogP contribution in [-0.4, -0.2) is 14.0 Å². The van der Waals surface area contributed by atoms with E-state index in [2.05, 4.69) is 18.6 Å². The summed E-state index contributed by atoms with van der Waals surface area (Å²) >= 11 is 0. The molecular formula is C20H24FNO3S. The second kappa shape index (κ2) is 7.37. The fourth-order valence-electron chi connectivity index (χ4n) is 3.46. The van der Waals surface area contributed by atoms with Crippen LogP contribution in [0.2, 0.25) is 0 Å². The second-order valence-electron chi connectivity index (χ2n) is 6.79. The lowest BCUT2D eigenvalue weighted by Gasteiger charge is -2.41. The summed E-state index contributed by atoms with van der Waals surface area (Å²) in [5.74, 6) is 0.169. The first-order valence-corrected chi connectivity index (χ1v) is 10.5. The van der Waals surface area contributed by atoms with Crippen LogP contribution < -0.4 is 9.46 Å². The van der Waals surface area contributed by atoms with Gasteiger partial charge in [0.25, 0.3) is 0 Å². The highest BCUT2D eigenvalue weighted by Crippen LogP contribution is 2.42. The molecule has 6 heteroatoms. The standard InChI is InChI=1S/C20H24FNO3S/c1-3-20(4-2)13-18(17-7-5-6-8-19(17)25-20)22-26(23,24)14-15-9-11-16(21)12-10-15/h5-12,18,22H,3-4,13-14H2,1-2H3/t18-/m0/s1. The molecular weight excluding hydrogens is 353 g/mol. The number of halogens is 1. The van der Waals surface area contributed by atoms with Crippen LogP contribution in [0.3, 0.4) is 0 Å². The molecule has 1 aliphatic rings. The summed E-state index contributed by atoms with van der Waals surface area (Å²) in [6, 6.07) is 12.8. The van der Waals surface area contributed by atoms with Crippen molar-refractivity contribution < 1.29 is 17.5 Å². The number of rotatable bonds is 6. The Bertz CT molecular complexity index is 861. The zero-order valence-corrected chi connectivity index (χ0v) is 15.9. The lowest BCUT2D eigenvalue weighted by atomic mass is 9.84. The number of ether oxygens (including phenoxy) is 1. The minimum atomic E-state index is -3.58. The number of sulfonamides is 1. The molecule has 26 heavy (non-hydrogen) atoms. The fraction of sp³-hybridized carbons (Fsp3) is 0.400. The number of hydrogen-bond donors (Lipinski definition) is 1. The van der Waals surface area contributed by atoms with Crippen molar-refractivity contribution in [2.24, 2.45) is 0 Å². The Hall–Kier alpha value is -1.92. The van der Waals surface area contributed by atoms with Crippen LogP contribution in [0.15, 0.2) is 48.5 Å². The van der Waals surface area contributed by atoms with Gasteiger partial charge in [0.05, 0.1) is 11.8 Å². The summed E-state index contributed by atoms with van der Waals surface area (Å²) in [6.07, 6.45) is 2.18. The van der Waals surface area contributed by atoms with Crippen LogP contribution in [0, 0.1) is 5.82 Å². The molecule has 1 aliphatic heterocycles. The summed E-state index contributed by atoms with van der Waals surface area (Å²) in [5, 5.41) is 0. The molecule has 0 spiro atoms. The maximum absolute atomic E-state index is 13.0. The smallest absolute Gasteiger partial charge is 0.216 e. The van der Waals surface area contributed by atoms with E-state index in [-0.39, 0.29) is 23.2 Å². The van der Waals surface area contributed by atoms with Gasteiger partial charge in [-0.2, -0.15) is 0 Å². The number of nitrogens with one attached hydrogen (secondary N) is 1. The molecule has 0 aliphatic carbocycles. The zero-order valence-electron chi connectivity index (χ0n) is 15.0. The molecule has 1 atom stereocenters. The van der Waals surface area contributed by atoms with Crippen molar-refractivity contribution in [3.05, 3.63) is 65.5 Å². The van der Waals surface area contributed by atoms with Crippen LogP contribution in [0.25, 0.3) is 0 Å². The number of fused-ring (bicyclic) bond motifs is 1. The van der Waals surface area contributed by atoms with Crippen molar-refractivity contribution in [2.45, 2.75) is 50.5 Å². The Kier molecular flexibility index (Phi) is 5.34. The molecule has 0 aromatic heterocycles. The highest BCUT2D eigenvalue weighted by molar-refractivity contribution is 7.88. The van der Waals surface area contributed by atoms with Gasteiger partial charge < -0.3 is 4.74 Å². The van der Waals surface area contributed by atoms with Gasteiger partial charge in [-0.1, -0.05) is 44.2 Å². The van der Waals surface area contributed by atoms with Crippen molar-refractivity contribution in [1.82, 2.24) is 4.72 Å². The van der Waals surface area contributed by atoms with Crippen LogP contribution in [0.1, 0.15) is 50.3 Å². The van der Waals surface area contributed by atoms with E-state index in [0.29, 0.717) is 12.0 Å². The molecule has 0 saturated heterocycles. The van der Waals surface area contributed by atoms with E-state index in [1.165, 1.54) is 24.3 Å². The predicted molar refractivity (Wildman–Crippen MR) is 99.9 cm³/mol. The second-order valence-corrected chi connectivity index (χ2v) is 8.54. The largest absolute Gasteiger partial charge is 0.487 e. The first kappa shape index (κ1) is 18.9. The van der Waals surface area contributed by atoms with Crippen LogP contribution in [-0.2, 0) is 15.8 Å². The van der Waals surface area contributed by atoms with E-state index in [1.807, 2.05) is 24.3 Å². The Morgan fingerprint density at radius 2 is 1.77 bits per heavy atom. The summed E-state index contributed by atoms with van der Waals surface area (Å²) in [4.78, 5) is 0. The molecule has 0 fully saturated rings. The molecule has 0 amide bonds. The zero-order chi connectivity index (χ0) is 18.8. The molecule has 0 unspecified atom stereocenters. The third-order valence-electron chi connectivity index (χ3n) is 5.08. The molecule has 140 valence electrons. The van der Waals surface area contributed by atoms with Crippen molar-refractivity contribution in [3.8, 4) is 5.75 Å². The first-order valence-electron chi connectivity index (χ1n) is 8.89.